The van der Waals surface area contributed by atoms with Crippen molar-refractivity contribution in [3.8, 4) is 0 Å². The normalized spacial score (nSPS) is 7.55. The second kappa shape index (κ2) is 11.1. The van der Waals surface area contributed by atoms with Crippen LogP contribution in [0.3, 0.4) is 0 Å². The van der Waals surface area contributed by atoms with E-state index >= 15 is 0 Å². The zero-order valence-electron chi connectivity index (χ0n) is 5.64. The molecular formula is C2H3AlCaO6S+2. The molecule has 0 aromatic heterocycles. The van der Waals surface area contributed by atoms with Gasteiger partial charge in [0, 0.05) is 16.4 Å². The van der Waals surface area contributed by atoms with Crippen molar-refractivity contribution >= 4 is 71.5 Å². The fourth-order valence-electron chi connectivity index (χ4n) is 0. The number of rotatable bonds is 0. The molecule has 11 heavy (non-hydrogen) atoms. The van der Waals surface area contributed by atoms with Gasteiger partial charge in [-0.1, -0.05) is 0 Å². The summed E-state index contributed by atoms with van der Waals surface area (Å²) in [5, 5.41) is 8.89. The topological polar surface area (TPSA) is 120 Å². The van der Waals surface area contributed by atoms with E-state index in [1.807, 2.05) is 0 Å². The smallest absolute Gasteiger partial charge is 0.759 e. The van der Waals surface area contributed by atoms with Gasteiger partial charge in [-0.2, -0.15) is 0 Å². The van der Waals surface area contributed by atoms with Crippen LogP contribution >= 0.6 is 0 Å². The molecule has 0 saturated heterocycles. The van der Waals surface area contributed by atoms with Crippen LogP contribution in [0.1, 0.15) is 6.92 Å². The summed E-state index contributed by atoms with van der Waals surface area (Å²) in [5.74, 6) is -1.08. The Labute approximate surface area is 105 Å². The van der Waals surface area contributed by atoms with E-state index in [-0.39, 0.29) is 55.1 Å². The number of hydrogen-bond donors (Lipinski definition) is 0. The minimum atomic E-state index is -5.17. The third-order valence-corrected chi connectivity index (χ3v) is 0. The summed E-state index contributed by atoms with van der Waals surface area (Å²) in [7, 11) is -5.17. The van der Waals surface area contributed by atoms with Gasteiger partial charge in [0.15, 0.2) is 0 Å². The molecule has 0 bridgehead atoms. The third-order valence-electron chi connectivity index (χ3n) is 0. The Morgan fingerprint density at radius 3 is 1.27 bits per heavy atom. The summed E-state index contributed by atoms with van der Waals surface area (Å²) in [4.78, 5) is 8.89. The van der Waals surface area contributed by atoms with E-state index in [0.29, 0.717) is 0 Å². The molecule has 6 nitrogen and oxygen atoms in total. The van der Waals surface area contributed by atoms with E-state index in [4.69, 9.17) is 27.4 Å². The molecule has 0 aliphatic rings. The van der Waals surface area contributed by atoms with Crippen molar-refractivity contribution in [1.29, 1.82) is 0 Å². The fourth-order valence-corrected chi connectivity index (χ4v) is 0. The van der Waals surface area contributed by atoms with Gasteiger partial charge in [0.25, 0.3) is 0 Å². The van der Waals surface area contributed by atoms with Crippen LogP contribution in [-0.2, 0) is 15.2 Å². The Morgan fingerprint density at radius 1 is 1.27 bits per heavy atom. The molecular weight excluding hydrogens is 219 g/mol. The van der Waals surface area contributed by atoms with Crippen molar-refractivity contribution in [3.63, 3.8) is 0 Å². The van der Waals surface area contributed by atoms with Crippen LogP contribution in [0.4, 0.5) is 0 Å². The Balaban J connectivity index is -0.0000000383. The number of carbonyl (C=O) groups excluding carboxylic acids is 1. The number of carbonyl (C=O) groups is 1. The van der Waals surface area contributed by atoms with Gasteiger partial charge in [-0.3, -0.25) is 8.42 Å². The second-order valence-electron chi connectivity index (χ2n) is 0.900. The first kappa shape index (κ1) is 22.7. The van der Waals surface area contributed by atoms with E-state index < -0.39 is 16.4 Å². The van der Waals surface area contributed by atoms with Crippen molar-refractivity contribution in [1.82, 2.24) is 0 Å². The SMILES string of the molecule is CC(=O)[O-].O=S(=O)([O-])[O-].[Al+3].[Ca+2]. The maximum Gasteiger partial charge on any atom is 3.00 e. The van der Waals surface area contributed by atoms with Gasteiger partial charge in [0.05, 0.1) is 0 Å². The first-order chi connectivity index (χ1) is 3.73. The predicted molar refractivity (Wildman–Crippen MR) is 32.7 cm³/mol. The van der Waals surface area contributed by atoms with Gasteiger partial charge in [0.2, 0.25) is 0 Å². The van der Waals surface area contributed by atoms with Crippen LogP contribution in [0, 0.1) is 0 Å². The minimum Gasteiger partial charge on any atom is -0.759 e. The van der Waals surface area contributed by atoms with Crippen LogP contribution in [0.15, 0.2) is 0 Å². The molecule has 0 aromatic carbocycles. The van der Waals surface area contributed by atoms with E-state index in [1.54, 1.807) is 0 Å². The molecule has 0 rings (SSSR count). The maximum atomic E-state index is 8.89. The number of carboxylic acid groups (broad SMARTS) is 1. The zero-order valence-corrected chi connectivity index (χ0v) is 9.82. The molecule has 0 unspecified atom stereocenters. The summed E-state index contributed by atoms with van der Waals surface area (Å²) in [5.41, 5.74) is 0. The molecule has 0 atom stereocenters. The third kappa shape index (κ3) is 724. The molecule has 0 aromatic rings. The van der Waals surface area contributed by atoms with Crippen molar-refractivity contribution in [2.45, 2.75) is 6.92 Å². The number of aliphatic carboxylic acids is 1. The molecule has 0 spiro atoms. The molecule has 0 amide bonds. The molecule has 0 aliphatic heterocycles. The monoisotopic (exact) mass is 222 g/mol. The first-order valence-electron chi connectivity index (χ1n) is 1.57. The van der Waals surface area contributed by atoms with Crippen LogP contribution in [0.2, 0.25) is 0 Å². The summed E-state index contributed by atoms with van der Waals surface area (Å²) < 4.78 is 34.1. The Morgan fingerprint density at radius 2 is 1.27 bits per heavy atom. The standard InChI is InChI=1S/C2H4O2.Al.Ca.H2O4S/c1-2(3)4;;;1-5(2,3)4/h1H3,(H,3,4);;;(H2,1,2,3,4)/q;+3;+2;/p-3. The molecule has 0 fully saturated rings. The largest absolute Gasteiger partial charge is 3.00 e. The number of carboxylic acids is 1. The summed E-state index contributed by atoms with van der Waals surface area (Å²) >= 11 is 0. The van der Waals surface area contributed by atoms with E-state index in [2.05, 4.69) is 0 Å². The quantitative estimate of drug-likeness (QED) is 0.240. The molecule has 0 aliphatic carbocycles. The van der Waals surface area contributed by atoms with Crippen molar-refractivity contribution in [2.75, 3.05) is 0 Å². The van der Waals surface area contributed by atoms with Gasteiger partial charge >= 0.3 is 55.1 Å². The van der Waals surface area contributed by atoms with Crippen molar-refractivity contribution in [3.05, 3.63) is 0 Å². The first-order valence-corrected chi connectivity index (χ1v) is 2.91. The Hall–Kier alpha value is 1.13. The van der Waals surface area contributed by atoms with E-state index in [1.165, 1.54) is 0 Å². The fraction of sp³-hybridized carbons (Fsp3) is 0.500. The Kier molecular flexibility index (Phi) is 23.0. The molecule has 0 heterocycles. The summed E-state index contributed by atoms with van der Waals surface area (Å²) in [6, 6.07) is 0. The molecule has 9 heteroatoms. The van der Waals surface area contributed by atoms with Crippen LogP contribution in [-0.4, -0.2) is 78.6 Å². The average molecular weight is 222 g/mol. The number of hydrogen-bond acceptors (Lipinski definition) is 6. The van der Waals surface area contributed by atoms with Crippen molar-refractivity contribution in [2.24, 2.45) is 0 Å². The van der Waals surface area contributed by atoms with Gasteiger partial charge in [-0.05, 0) is 6.92 Å². The maximum absolute atomic E-state index is 8.89. The minimum absolute atomic E-state index is 0. The molecule has 0 saturated carbocycles. The van der Waals surface area contributed by atoms with Gasteiger partial charge < -0.3 is 19.0 Å². The summed E-state index contributed by atoms with van der Waals surface area (Å²) in [6.07, 6.45) is 0. The van der Waals surface area contributed by atoms with E-state index in [0.717, 1.165) is 6.92 Å². The Bertz CT molecular complexity index is 163. The van der Waals surface area contributed by atoms with Gasteiger partial charge in [-0.15, -0.1) is 0 Å². The summed E-state index contributed by atoms with van der Waals surface area (Å²) in [6.45, 7) is 0.972. The molecule has 0 N–H and O–H groups in total. The van der Waals surface area contributed by atoms with Crippen LogP contribution < -0.4 is 5.11 Å². The van der Waals surface area contributed by atoms with Crippen LogP contribution in [0.25, 0.3) is 0 Å². The predicted octanol–water partition coefficient (Wildman–Crippen LogP) is -3.34. The zero-order chi connectivity index (χ0) is 8.08. The van der Waals surface area contributed by atoms with E-state index in [9.17, 15) is 0 Å². The van der Waals surface area contributed by atoms with Gasteiger partial charge in [-0.25, -0.2) is 0 Å². The average Bonchev–Trinajstić information content (AvgIpc) is 1.19. The molecule has 0 radical (unpaired) electrons. The van der Waals surface area contributed by atoms with Crippen molar-refractivity contribution < 1.29 is 27.4 Å². The molecule has 56 valence electrons. The second-order valence-corrected chi connectivity index (χ2v) is 1.72. The van der Waals surface area contributed by atoms with Crippen LogP contribution in [0.5, 0.6) is 0 Å². The van der Waals surface area contributed by atoms with Gasteiger partial charge in [0.1, 0.15) is 0 Å².